The summed E-state index contributed by atoms with van der Waals surface area (Å²) in [6, 6.07) is 11.7. The van der Waals surface area contributed by atoms with Gasteiger partial charge in [0.05, 0.1) is 31.6 Å². The van der Waals surface area contributed by atoms with Crippen LogP contribution < -0.4 is 10.1 Å². The quantitative estimate of drug-likeness (QED) is 0.706. The van der Waals surface area contributed by atoms with Crippen molar-refractivity contribution < 1.29 is 9.47 Å². The van der Waals surface area contributed by atoms with E-state index in [9.17, 15) is 0 Å². The van der Waals surface area contributed by atoms with Gasteiger partial charge in [-0.1, -0.05) is 29.8 Å². The molecule has 1 aliphatic heterocycles. The molecule has 0 saturated carbocycles. The smallest absolute Gasteiger partial charge is 0.212 e. The summed E-state index contributed by atoms with van der Waals surface area (Å²) in [7, 11) is 1.61. The summed E-state index contributed by atoms with van der Waals surface area (Å²) in [6.45, 7) is 2.77. The number of imidazole rings is 1. The minimum Gasteiger partial charge on any atom is -0.481 e. The Morgan fingerprint density at radius 3 is 2.78 bits per heavy atom. The Balaban J connectivity index is 1.37. The number of nitrogens with one attached hydrogen (secondary N) is 1. The summed E-state index contributed by atoms with van der Waals surface area (Å²) < 4.78 is 13.3. The first-order chi connectivity index (χ1) is 13.2. The largest absolute Gasteiger partial charge is 0.481 e. The molecule has 1 unspecified atom stereocenters. The molecule has 0 fully saturated rings. The van der Waals surface area contributed by atoms with E-state index >= 15 is 0 Å². The van der Waals surface area contributed by atoms with Crippen molar-refractivity contribution in [3.05, 3.63) is 65.2 Å². The lowest BCUT2D eigenvalue weighted by molar-refractivity contribution is 0.00325. The van der Waals surface area contributed by atoms with Crippen LogP contribution in [0, 0.1) is 0 Å². The van der Waals surface area contributed by atoms with Crippen LogP contribution in [0.4, 0.5) is 0 Å². The van der Waals surface area contributed by atoms with Crippen molar-refractivity contribution in [3.8, 4) is 17.1 Å². The van der Waals surface area contributed by atoms with Crippen LogP contribution in [-0.4, -0.2) is 34.3 Å². The monoisotopic (exact) mass is 384 g/mol. The second-order valence-electron chi connectivity index (χ2n) is 6.45. The number of ether oxygens (including phenoxy) is 2. The summed E-state index contributed by atoms with van der Waals surface area (Å²) in [5.41, 5.74) is 3.31. The highest BCUT2D eigenvalue weighted by Crippen LogP contribution is 2.26. The third-order valence-electron chi connectivity index (χ3n) is 4.62. The summed E-state index contributed by atoms with van der Waals surface area (Å²) in [6.07, 6.45) is 3.81. The average molecular weight is 385 g/mol. The van der Waals surface area contributed by atoms with Gasteiger partial charge in [0.2, 0.25) is 5.88 Å². The number of benzene rings is 1. The maximum Gasteiger partial charge on any atom is 0.212 e. The third kappa shape index (κ3) is 4.13. The molecule has 3 aromatic rings. The van der Waals surface area contributed by atoms with Gasteiger partial charge in [0.25, 0.3) is 0 Å². The molecule has 4 rings (SSSR count). The molecule has 1 atom stereocenters. The highest BCUT2D eigenvalue weighted by molar-refractivity contribution is 6.30. The van der Waals surface area contributed by atoms with Crippen LogP contribution in [0.25, 0.3) is 11.3 Å². The van der Waals surface area contributed by atoms with Crippen molar-refractivity contribution in [2.45, 2.75) is 25.8 Å². The highest BCUT2D eigenvalue weighted by atomic mass is 35.5. The zero-order chi connectivity index (χ0) is 18.6. The zero-order valence-electron chi connectivity index (χ0n) is 15.1. The average Bonchev–Trinajstić information content (AvgIpc) is 3.12. The molecular formula is C20H21ClN4O2. The van der Waals surface area contributed by atoms with Gasteiger partial charge in [0.15, 0.2) is 0 Å². The van der Waals surface area contributed by atoms with E-state index in [0.29, 0.717) is 12.5 Å². The molecule has 1 aliphatic rings. The first-order valence-corrected chi connectivity index (χ1v) is 9.22. The number of aromatic nitrogens is 3. The standard InChI is InChI=1S/C20H21ClN4O2/c1-26-20-7-2-14(9-24-20)8-22-10-17-12-25-18(11-23-19(25)13-27-17)15-3-5-16(21)6-4-15/h2-7,9,11,17,22H,8,10,12-13H2,1H3. The van der Waals surface area contributed by atoms with Gasteiger partial charge in [-0.25, -0.2) is 9.97 Å². The molecule has 0 saturated heterocycles. The molecule has 1 aromatic carbocycles. The molecule has 2 aromatic heterocycles. The molecule has 3 heterocycles. The lowest BCUT2D eigenvalue weighted by Gasteiger charge is -2.26. The van der Waals surface area contributed by atoms with E-state index in [1.807, 2.05) is 48.8 Å². The highest BCUT2D eigenvalue weighted by Gasteiger charge is 2.22. The Morgan fingerprint density at radius 2 is 2.04 bits per heavy atom. The molecule has 140 valence electrons. The molecule has 0 aliphatic carbocycles. The van der Waals surface area contributed by atoms with E-state index in [1.165, 1.54) is 0 Å². The number of hydrogen-bond acceptors (Lipinski definition) is 5. The van der Waals surface area contributed by atoms with E-state index in [1.54, 1.807) is 7.11 Å². The van der Waals surface area contributed by atoms with Crippen molar-refractivity contribution in [1.82, 2.24) is 19.9 Å². The molecule has 1 N–H and O–H groups in total. The number of methoxy groups -OCH3 is 1. The number of fused-ring (bicyclic) bond motifs is 1. The molecule has 27 heavy (non-hydrogen) atoms. The minimum absolute atomic E-state index is 0.0870. The molecule has 0 amide bonds. The fraction of sp³-hybridized carbons (Fsp3) is 0.300. The molecule has 6 nitrogen and oxygen atoms in total. The zero-order valence-corrected chi connectivity index (χ0v) is 15.8. The molecule has 0 radical (unpaired) electrons. The fourth-order valence-corrected chi connectivity index (χ4v) is 3.30. The Labute approximate surface area is 163 Å². The van der Waals surface area contributed by atoms with Crippen LogP contribution in [0.15, 0.2) is 48.8 Å². The SMILES string of the molecule is COc1ccc(CNCC2Cn3c(-c4ccc(Cl)cc4)cnc3CO2)cn1. The number of hydrogen-bond donors (Lipinski definition) is 1. The molecule has 7 heteroatoms. The Bertz CT molecular complexity index is 893. The lowest BCUT2D eigenvalue weighted by atomic mass is 10.1. The number of nitrogens with zero attached hydrogens (tertiary/aromatic N) is 3. The van der Waals surface area contributed by atoms with E-state index in [-0.39, 0.29) is 6.10 Å². The molecule has 0 bridgehead atoms. The van der Waals surface area contributed by atoms with Gasteiger partial charge >= 0.3 is 0 Å². The lowest BCUT2D eigenvalue weighted by Crippen LogP contribution is -2.36. The van der Waals surface area contributed by atoms with Crippen LogP contribution >= 0.6 is 11.6 Å². The third-order valence-corrected chi connectivity index (χ3v) is 4.87. The van der Waals surface area contributed by atoms with E-state index in [2.05, 4.69) is 19.9 Å². The normalized spacial score (nSPS) is 16.1. The first kappa shape index (κ1) is 18.0. The second-order valence-corrected chi connectivity index (χ2v) is 6.89. The number of pyridine rings is 1. The molecule has 0 spiro atoms. The summed E-state index contributed by atoms with van der Waals surface area (Å²) in [5.74, 6) is 1.58. The van der Waals surface area contributed by atoms with Gasteiger partial charge in [-0.2, -0.15) is 0 Å². The number of rotatable bonds is 6. The van der Waals surface area contributed by atoms with Gasteiger partial charge in [0.1, 0.15) is 12.4 Å². The summed E-state index contributed by atoms with van der Waals surface area (Å²) >= 11 is 6.00. The van der Waals surface area contributed by atoms with Crippen LogP contribution in [0.2, 0.25) is 5.02 Å². The first-order valence-electron chi connectivity index (χ1n) is 8.84. The minimum atomic E-state index is 0.0870. The maximum atomic E-state index is 6.00. The van der Waals surface area contributed by atoms with Crippen molar-refractivity contribution in [1.29, 1.82) is 0 Å². The van der Waals surface area contributed by atoms with E-state index in [0.717, 1.165) is 47.3 Å². The van der Waals surface area contributed by atoms with Gasteiger partial charge < -0.3 is 19.4 Å². The van der Waals surface area contributed by atoms with E-state index < -0.39 is 0 Å². The molecular weight excluding hydrogens is 364 g/mol. The van der Waals surface area contributed by atoms with Gasteiger partial charge in [-0.3, -0.25) is 0 Å². The Kier molecular flexibility index (Phi) is 5.38. The van der Waals surface area contributed by atoms with E-state index in [4.69, 9.17) is 21.1 Å². The Morgan fingerprint density at radius 1 is 1.19 bits per heavy atom. The second kappa shape index (κ2) is 8.08. The van der Waals surface area contributed by atoms with Crippen LogP contribution in [-0.2, 0) is 24.4 Å². The summed E-state index contributed by atoms with van der Waals surface area (Å²) in [5, 5.41) is 4.17. The predicted molar refractivity (Wildman–Crippen MR) is 104 cm³/mol. The Hall–Kier alpha value is -2.41. The van der Waals surface area contributed by atoms with Crippen LogP contribution in [0.3, 0.4) is 0 Å². The number of halogens is 1. The van der Waals surface area contributed by atoms with Crippen LogP contribution in [0.5, 0.6) is 5.88 Å². The predicted octanol–water partition coefficient (Wildman–Crippen LogP) is 3.30. The van der Waals surface area contributed by atoms with Crippen molar-refractivity contribution in [2.75, 3.05) is 13.7 Å². The van der Waals surface area contributed by atoms with Gasteiger partial charge in [-0.05, 0) is 23.3 Å². The van der Waals surface area contributed by atoms with Gasteiger partial charge in [0, 0.05) is 30.4 Å². The van der Waals surface area contributed by atoms with Crippen molar-refractivity contribution in [2.24, 2.45) is 0 Å². The topological polar surface area (TPSA) is 61.2 Å². The maximum absolute atomic E-state index is 6.00. The fourth-order valence-electron chi connectivity index (χ4n) is 3.17. The van der Waals surface area contributed by atoms with Gasteiger partial charge in [-0.15, -0.1) is 0 Å². The summed E-state index contributed by atoms with van der Waals surface area (Å²) in [4.78, 5) is 8.72. The van der Waals surface area contributed by atoms with Crippen molar-refractivity contribution in [3.63, 3.8) is 0 Å². The van der Waals surface area contributed by atoms with Crippen molar-refractivity contribution >= 4 is 11.6 Å². The van der Waals surface area contributed by atoms with Crippen LogP contribution in [0.1, 0.15) is 11.4 Å².